The minimum Gasteiger partial charge on any atom is -0.478 e. The summed E-state index contributed by atoms with van der Waals surface area (Å²) >= 11 is 0. The second-order valence-electron chi connectivity index (χ2n) is 4.80. The fourth-order valence-electron chi connectivity index (χ4n) is 2.19. The molecule has 0 saturated carbocycles. The van der Waals surface area contributed by atoms with E-state index in [1.54, 1.807) is 6.08 Å². The predicted molar refractivity (Wildman–Crippen MR) is 61.7 cm³/mol. The van der Waals surface area contributed by atoms with Crippen molar-refractivity contribution < 1.29 is 9.90 Å². The lowest BCUT2D eigenvalue weighted by atomic mass is 9.69. The number of rotatable bonds is 4. The molecule has 1 atom stereocenters. The van der Waals surface area contributed by atoms with Gasteiger partial charge in [0, 0.05) is 5.57 Å². The van der Waals surface area contributed by atoms with Crippen molar-refractivity contribution in [2.24, 2.45) is 11.3 Å². The Morgan fingerprint density at radius 1 is 1.53 bits per heavy atom. The molecule has 0 radical (unpaired) electrons. The molecule has 0 aromatic rings. The molecule has 0 amide bonds. The molecule has 1 N–H and O–H groups in total. The Morgan fingerprint density at radius 2 is 2.20 bits per heavy atom. The summed E-state index contributed by atoms with van der Waals surface area (Å²) in [6, 6.07) is 0. The van der Waals surface area contributed by atoms with Gasteiger partial charge in [0.25, 0.3) is 0 Å². The van der Waals surface area contributed by atoms with E-state index < -0.39 is 5.97 Å². The summed E-state index contributed by atoms with van der Waals surface area (Å²) in [5.41, 5.74) is 0.536. The molecule has 2 nitrogen and oxygen atoms in total. The zero-order valence-electron chi connectivity index (χ0n) is 9.79. The van der Waals surface area contributed by atoms with Crippen molar-refractivity contribution in [3.8, 4) is 0 Å². The van der Waals surface area contributed by atoms with Crippen molar-refractivity contribution in [2.45, 2.75) is 40.0 Å². The van der Waals surface area contributed by atoms with Crippen LogP contribution in [0.25, 0.3) is 0 Å². The van der Waals surface area contributed by atoms with Gasteiger partial charge in [0.1, 0.15) is 0 Å². The van der Waals surface area contributed by atoms with E-state index in [9.17, 15) is 4.79 Å². The Kier molecular flexibility index (Phi) is 3.72. The maximum Gasteiger partial charge on any atom is 0.331 e. The number of allylic oxidation sites excluding steroid dienone is 3. The molecule has 0 aliphatic heterocycles. The van der Waals surface area contributed by atoms with Crippen LogP contribution >= 0.6 is 0 Å². The average Bonchev–Trinajstić information content (AvgIpc) is 2.14. The number of unbranched alkanes of at least 4 members (excludes halogenated alkanes) is 1. The molecular formula is C13H20O2. The van der Waals surface area contributed by atoms with E-state index in [2.05, 4.69) is 26.8 Å². The molecule has 0 aromatic carbocycles. The van der Waals surface area contributed by atoms with Crippen molar-refractivity contribution in [3.63, 3.8) is 0 Å². The topological polar surface area (TPSA) is 37.3 Å². The smallest absolute Gasteiger partial charge is 0.331 e. The fourth-order valence-corrected chi connectivity index (χ4v) is 2.19. The van der Waals surface area contributed by atoms with Crippen LogP contribution in [0.4, 0.5) is 0 Å². The van der Waals surface area contributed by atoms with Crippen LogP contribution in [-0.4, -0.2) is 11.1 Å². The number of carboxylic acid groups (broad SMARTS) is 1. The van der Waals surface area contributed by atoms with Gasteiger partial charge < -0.3 is 5.11 Å². The first-order valence-electron chi connectivity index (χ1n) is 5.61. The summed E-state index contributed by atoms with van der Waals surface area (Å²) in [4.78, 5) is 11.1. The van der Waals surface area contributed by atoms with Gasteiger partial charge in [-0.25, -0.2) is 4.79 Å². The second-order valence-corrected chi connectivity index (χ2v) is 4.80. The molecule has 0 heterocycles. The summed E-state index contributed by atoms with van der Waals surface area (Å²) in [6.45, 7) is 6.36. The molecule has 15 heavy (non-hydrogen) atoms. The van der Waals surface area contributed by atoms with E-state index in [0.29, 0.717) is 5.57 Å². The minimum absolute atomic E-state index is 0.0301. The summed E-state index contributed by atoms with van der Waals surface area (Å²) in [5, 5.41) is 9.14. The van der Waals surface area contributed by atoms with Crippen molar-refractivity contribution in [2.75, 3.05) is 0 Å². The Morgan fingerprint density at radius 3 is 2.73 bits per heavy atom. The Labute approximate surface area is 91.7 Å². The van der Waals surface area contributed by atoms with Gasteiger partial charge in [-0.05, 0) is 17.8 Å². The Balaban J connectivity index is 2.88. The zero-order chi connectivity index (χ0) is 11.5. The third-order valence-corrected chi connectivity index (χ3v) is 3.17. The Bertz CT molecular complexity index is 298. The lowest BCUT2D eigenvalue weighted by Gasteiger charge is -2.34. The van der Waals surface area contributed by atoms with Crippen LogP contribution < -0.4 is 0 Å². The molecule has 2 heteroatoms. The van der Waals surface area contributed by atoms with Gasteiger partial charge in [-0.3, -0.25) is 0 Å². The minimum atomic E-state index is -0.770. The number of carboxylic acids is 1. The highest BCUT2D eigenvalue weighted by Gasteiger charge is 2.34. The quantitative estimate of drug-likeness (QED) is 0.768. The SMILES string of the molecule is CCCCC1C(C(=O)O)=CC=CC1(C)C. The van der Waals surface area contributed by atoms with Crippen LogP contribution in [0, 0.1) is 11.3 Å². The molecule has 1 aliphatic carbocycles. The largest absolute Gasteiger partial charge is 0.478 e. The second kappa shape index (κ2) is 4.65. The van der Waals surface area contributed by atoms with Crippen LogP contribution in [-0.2, 0) is 4.79 Å². The first kappa shape index (κ1) is 12.0. The number of hydrogen-bond acceptors (Lipinski definition) is 1. The molecule has 0 saturated heterocycles. The van der Waals surface area contributed by atoms with Gasteiger partial charge >= 0.3 is 5.97 Å². The monoisotopic (exact) mass is 208 g/mol. The molecule has 1 aliphatic rings. The molecular weight excluding hydrogens is 188 g/mol. The maximum absolute atomic E-state index is 11.1. The third kappa shape index (κ3) is 2.71. The normalized spacial score (nSPS) is 23.7. The molecule has 0 bridgehead atoms. The maximum atomic E-state index is 11.1. The van der Waals surface area contributed by atoms with Crippen LogP contribution in [0.15, 0.2) is 23.8 Å². The Hall–Kier alpha value is -1.05. The van der Waals surface area contributed by atoms with Crippen molar-refractivity contribution in [1.29, 1.82) is 0 Å². The highest BCUT2D eigenvalue weighted by Crippen LogP contribution is 2.40. The van der Waals surface area contributed by atoms with Gasteiger partial charge in [0.05, 0.1) is 0 Å². The van der Waals surface area contributed by atoms with Crippen LogP contribution in [0.5, 0.6) is 0 Å². The first-order chi connectivity index (χ1) is 6.99. The van der Waals surface area contributed by atoms with E-state index in [1.807, 2.05) is 6.08 Å². The van der Waals surface area contributed by atoms with E-state index in [-0.39, 0.29) is 11.3 Å². The standard InChI is InChI=1S/C13H20O2/c1-4-5-8-11-10(12(14)15)7-6-9-13(11,2)3/h6-7,9,11H,4-5,8H2,1-3H3,(H,14,15). The highest BCUT2D eigenvalue weighted by atomic mass is 16.4. The average molecular weight is 208 g/mol. The van der Waals surface area contributed by atoms with Gasteiger partial charge in [-0.15, -0.1) is 0 Å². The van der Waals surface area contributed by atoms with Gasteiger partial charge in [0.15, 0.2) is 0 Å². The summed E-state index contributed by atoms with van der Waals surface area (Å²) in [6.07, 6.45) is 8.89. The lowest BCUT2D eigenvalue weighted by Crippen LogP contribution is -2.29. The van der Waals surface area contributed by atoms with Crippen molar-refractivity contribution in [3.05, 3.63) is 23.8 Å². The fraction of sp³-hybridized carbons (Fsp3) is 0.615. The highest BCUT2D eigenvalue weighted by molar-refractivity contribution is 5.88. The lowest BCUT2D eigenvalue weighted by molar-refractivity contribution is -0.133. The number of hydrogen-bond donors (Lipinski definition) is 1. The summed E-state index contributed by atoms with van der Waals surface area (Å²) in [5.74, 6) is -0.617. The number of aliphatic carboxylic acids is 1. The van der Waals surface area contributed by atoms with E-state index in [4.69, 9.17) is 5.11 Å². The zero-order valence-corrected chi connectivity index (χ0v) is 9.79. The van der Waals surface area contributed by atoms with E-state index in [1.165, 1.54) is 0 Å². The van der Waals surface area contributed by atoms with Crippen molar-refractivity contribution in [1.82, 2.24) is 0 Å². The van der Waals surface area contributed by atoms with Crippen LogP contribution in [0.1, 0.15) is 40.0 Å². The summed E-state index contributed by atoms with van der Waals surface area (Å²) in [7, 11) is 0. The van der Waals surface area contributed by atoms with Gasteiger partial charge in [0.2, 0.25) is 0 Å². The molecule has 1 unspecified atom stereocenters. The predicted octanol–water partition coefficient (Wildman–Crippen LogP) is 3.40. The molecule has 1 rings (SSSR count). The first-order valence-corrected chi connectivity index (χ1v) is 5.61. The van der Waals surface area contributed by atoms with Gasteiger partial charge in [-0.1, -0.05) is 51.8 Å². The summed E-state index contributed by atoms with van der Waals surface area (Å²) < 4.78 is 0. The molecule has 0 spiro atoms. The van der Waals surface area contributed by atoms with E-state index in [0.717, 1.165) is 19.3 Å². The number of carbonyl (C=O) groups is 1. The van der Waals surface area contributed by atoms with Gasteiger partial charge in [-0.2, -0.15) is 0 Å². The van der Waals surface area contributed by atoms with Crippen LogP contribution in [0.3, 0.4) is 0 Å². The molecule has 0 aromatic heterocycles. The molecule has 84 valence electrons. The molecule has 0 fully saturated rings. The van der Waals surface area contributed by atoms with Crippen molar-refractivity contribution >= 4 is 5.97 Å². The van der Waals surface area contributed by atoms with Crippen LogP contribution in [0.2, 0.25) is 0 Å². The van der Waals surface area contributed by atoms with E-state index >= 15 is 0 Å². The third-order valence-electron chi connectivity index (χ3n) is 3.17.